The zero-order valence-electron chi connectivity index (χ0n) is 15.1. The summed E-state index contributed by atoms with van der Waals surface area (Å²) in [6, 6.07) is 6.95. The summed E-state index contributed by atoms with van der Waals surface area (Å²) in [6.07, 6.45) is 2.10. The minimum absolute atomic E-state index is 0.00435. The summed E-state index contributed by atoms with van der Waals surface area (Å²) in [4.78, 5) is 12.5. The van der Waals surface area contributed by atoms with E-state index in [4.69, 9.17) is 23.2 Å². The molecule has 2 rings (SSSR count). The first kappa shape index (κ1) is 23.0. The number of hydrogen-bond donors (Lipinski definition) is 2. The van der Waals surface area contributed by atoms with Crippen molar-refractivity contribution in [2.24, 2.45) is 0 Å². The molecule has 2 aromatic rings. The lowest BCUT2D eigenvalue weighted by Crippen LogP contribution is -2.44. The number of amides is 1. The maximum atomic E-state index is 13.3. The second kappa shape index (κ2) is 9.93. The van der Waals surface area contributed by atoms with E-state index in [1.165, 1.54) is 48.2 Å². The van der Waals surface area contributed by atoms with E-state index < -0.39 is 27.8 Å². The van der Waals surface area contributed by atoms with E-state index >= 15 is 0 Å². The standard InChI is InChI=1S/C18H19Cl2FN2O3S2/c1-11-9-13(21)4-6-15(11)22-18(24)16(7-8-27-2)23-28(25,26)17-10-12(19)3-5-14(17)20/h3-6,9-10,16,23H,7-8H2,1-2H3,(H,22,24). The molecule has 1 atom stereocenters. The summed E-state index contributed by atoms with van der Waals surface area (Å²) in [5.74, 6) is -0.428. The van der Waals surface area contributed by atoms with Gasteiger partial charge in [0.25, 0.3) is 0 Å². The van der Waals surface area contributed by atoms with E-state index in [9.17, 15) is 17.6 Å². The first-order valence-corrected chi connectivity index (χ1v) is 11.8. The third-order valence-corrected chi connectivity index (χ3v) is 6.69. The van der Waals surface area contributed by atoms with Gasteiger partial charge in [0, 0.05) is 10.7 Å². The Labute approximate surface area is 178 Å². The Kier molecular flexibility index (Phi) is 8.15. The first-order valence-electron chi connectivity index (χ1n) is 8.17. The molecule has 1 unspecified atom stereocenters. The molecule has 0 saturated carbocycles. The van der Waals surface area contributed by atoms with Crippen LogP contribution in [0.5, 0.6) is 0 Å². The number of nitrogens with one attached hydrogen (secondary N) is 2. The molecule has 2 aromatic carbocycles. The van der Waals surface area contributed by atoms with Crippen LogP contribution in [0.2, 0.25) is 10.0 Å². The zero-order chi connectivity index (χ0) is 20.9. The number of aryl methyl sites for hydroxylation is 1. The maximum Gasteiger partial charge on any atom is 0.242 e. The normalized spacial score (nSPS) is 12.6. The Morgan fingerprint density at radius 1 is 1.21 bits per heavy atom. The minimum atomic E-state index is -4.09. The number of sulfonamides is 1. The highest BCUT2D eigenvalue weighted by Gasteiger charge is 2.27. The molecule has 0 radical (unpaired) electrons. The van der Waals surface area contributed by atoms with Crippen LogP contribution in [-0.4, -0.2) is 32.4 Å². The zero-order valence-corrected chi connectivity index (χ0v) is 18.3. The average molecular weight is 465 g/mol. The van der Waals surface area contributed by atoms with E-state index in [0.29, 0.717) is 17.0 Å². The fourth-order valence-corrected chi connectivity index (χ4v) is 4.86. The number of benzene rings is 2. The minimum Gasteiger partial charge on any atom is -0.324 e. The van der Waals surface area contributed by atoms with Gasteiger partial charge in [-0.05, 0) is 67.3 Å². The highest BCUT2D eigenvalue weighted by Crippen LogP contribution is 2.25. The van der Waals surface area contributed by atoms with Crippen LogP contribution in [0.1, 0.15) is 12.0 Å². The van der Waals surface area contributed by atoms with Gasteiger partial charge in [-0.25, -0.2) is 12.8 Å². The summed E-state index contributed by atoms with van der Waals surface area (Å²) in [7, 11) is -4.09. The van der Waals surface area contributed by atoms with Crippen molar-refractivity contribution in [2.45, 2.75) is 24.3 Å². The van der Waals surface area contributed by atoms with E-state index in [1.807, 2.05) is 6.26 Å². The summed E-state index contributed by atoms with van der Waals surface area (Å²) in [6.45, 7) is 1.64. The molecule has 28 heavy (non-hydrogen) atoms. The summed E-state index contributed by atoms with van der Waals surface area (Å²) >= 11 is 13.3. The smallest absolute Gasteiger partial charge is 0.242 e. The lowest BCUT2D eigenvalue weighted by Gasteiger charge is -2.19. The SMILES string of the molecule is CSCCC(NS(=O)(=O)c1cc(Cl)ccc1Cl)C(=O)Nc1ccc(F)cc1C. The molecule has 0 heterocycles. The van der Waals surface area contributed by atoms with E-state index in [1.54, 1.807) is 6.92 Å². The van der Waals surface area contributed by atoms with Crippen molar-refractivity contribution < 1.29 is 17.6 Å². The van der Waals surface area contributed by atoms with E-state index in [-0.39, 0.29) is 21.4 Å². The van der Waals surface area contributed by atoms with Crippen molar-refractivity contribution in [1.82, 2.24) is 4.72 Å². The van der Waals surface area contributed by atoms with Crippen LogP contribution in [0.25, 0.3) is 0 Å². The predicted molar refractivity (Wildman–Crippen MR) is 113 cm³/mol. The van der Waals surface area contributed by atoms with Gasteiger partial charge in [0.2, 0.25) is 15.9 Å². The quantitative estimate of drug-likeness (QED) is 0.603. The van der Waals surface area contributed by atoms with Gasteiger partial charge >= 0.3 is 0 Å². The van der Waals surface area contributed by atoms with Crippen LogP contribution in [0.4, 0.5) is 10.1 Å². The number of carbonyl (C=O) groups excluding carboxylic acids is 1. The van der Waals surface area contributed by atoms with Crippen LogP contribution in [0, 0.1) is 12.7 Å². The van der Waals surface area contributed by atoms with Crippen molar-refractivity contribution in [1.29, 1.82) is 0 Å². The third-order valence-electron chi connectivity index (χ3n) is 3.85. The molecule has 0 aliphatic carbocycles. The first-order chi connectivity index (χ1) is 13.1. The molecule has 0 spiro atoms. The monoisotopic (exact) mass is 464 g/mol. The van der Waals surface area contributed by atoms with Gasteiger partial charge in [0.1, 0.15) is 16.8 Å². The molecule has 152 valence electrons. The fraction of sp³-hybridized carbons (Fsp3) is 0.278. The van der Waals surface area contributed by atoms with Gasteiger partial charge in [-0.3, -0.25) is 4.79 Å². The number of rotatable bonds is 8. The maximum absolute atomic E-state index is 13.3. The van der Waals surface area contributed by atoms with Gasteiger partial charge in [-0.1, -0.05) is 23.2 Å². The van der Waals surface area contributed by atoms with Crippen molar-refractivity contribution in [3.63, 3.8) is 0 Å². The Balaban J connectivity index is 2.27. The van der Waals surface area contributed by atoms with Crippen molar-refractivity contribution in [3.8, 4) is 0 Å². The van der Waals surface area contributed by atoms with Gasteiger partial charge in [0.15, 0.2) is 0 Å². The van der Waals surface area contributed by atoms with Crippen LogP contribution in [0.3, 0.4) is 0 Å². The number of carbonyl (C=O) groups is 1. The second-order valence-corrected chi connectivity index (χ2v) is 9.49. The molecule has 0 fully saturated rings. The average Bonchev–Trinajstić information content (AvgIpc) is 2.62. The summed E-state index contributed by atoms with van der Waals surface area (Å²) in [5.41, 5.74) is 0.929. The number of anilines is 1. The number of hydrogen-bond acceptors (Lipinski definition) is 4. The van der Waals surface area contributed by atoms with Crippen molar-refractivity contribution in [3.05, 3.63) is 57.8 Å². The summed E-state index contributed by atoms with van der Waals surface area (Å²) in [5, 5.41) is 2.85. The lowest BCUT2D eigenvalue weighted by atomic mass is 10.1. The van der Waals surface area contributed by atoms with Crippen molar-refractivity contribution in [2.75, 3.05) is 17.3 Å². The van der Waals surface area contributed by atoms with Gasteiger partial charge in [-0.2, -0.15) is 16.5 Å². The molecule has 2 N–H and O–H groups in total. The molecular weight excluding hydrogens is 446 g/mol. The Morgan fingerprint density at radius 3 is 2.57 bits per heavy atom. The third kappa shape index (κ3) is 6.09. The van der Waals surface area contributed by atoms with Gasteiger partial charge < -0.3 is 5.32 Å². The molecule has 0 aromatic heterocycles. The van der Waals surface area contributed by atoms with Crippen molar-refractivity contribution >= 4 is 56.6 Å². The highest BCUT2D eigenvalue weighted by molar-refractivity contribution is 7.98. The molecule has 0 saturated heterocycles. The molecule has 0 aliphatic heterocycles. The fourth-order valence-electron chi connectivity index (χ4n) is 2.40. The molecule has 1 amide bonds. The van der Waals surface area contributed by atoms with Crippen LogP contribution in [-0.2, 0) is 14.8 Å². The molecular formula is C18H19Cl2FN2O3S2. The Morgan fingerprint density at radius 2 is 1.93 bits per heavy atom. The topological polar surface area (TPSA) is 75.3 Å². The second-order valence-electron chi connectivity index (χ2n) is 5.98. The van der Waals surface area contributed by atoms with E-state index in [2.05, 4.69) is 10.0 Å². The molecule has 0 bridgehead atoms. The van der Waals surface area contributed by atoms with Gasteiger partial charge in [0.05, 0.1) is 5.02 Å². The molecule has 0 aliphatic rings. The number of thioether (sulfide) groups is 1. The predicted octanol–water partition coefficient (Wildman–Crippen LogP) is 4.48. The molecule has 5 nitrogen and oxygen atoms in total. The summed E-state index contributed by atoms with van der Waals surface area (Å²) < 4.78 is 41.2. The van der Waals surface area contributed by atoms with Gasteiger partial charge in [-0.15, -0.1) is 0 Å². The van der Waals surface area contributed by atoms with Crippen LogP contribution < -0.4 is 10.0 Å². The lowest BCUT2D eigenvalue weighted by molar-refractivity contribution is -0.117. The number of halogens is 3. The Hall–Kier alpha value is -1.32. The van der Waals surface area contributed by atoms with E-state index in [0.717, 1.165) is 0 Å². The van der Waals surface area contributed by atoms with Crippen LogP contribution >= 0.6 is 35.0 Å². The molecule has 10 heteroatoms. The largest absolute Gasteiger partial charge is 0.324 e. The highest BCUT2D eigenvalue weighted by atomic mass is 35.5. The Bertz CT molecular complexity index is 971. The van der Waals surface area contributed by atoms with Crippen LogP contribution in [0.15, 0.2) is 41.3 Å².